The predicted molar refractivity (Wildman–Crippen MR) is 129 cm³/mol. The van der Waals surface area contributed by atoms with Crippen LogP contribution in [0.2, 0.25) is 0 Å². The van der Waals surface area contributed by atoms with E-state index in [0.717, 1.165) is 29.2 Å². The van der Waals surface area contributed by atoms with E-state index < -0.39 is 24.2 Å². The first-order chi connectivity index (χ1) is 17.7. The van der Waals surface area contributed by atoms with Gasteiger partial charge in [-0.2, -0.15) is 0 Å². The van der Waals surface area contributed by atoms with Crippen LogP contribution in [0.25, 0.3) is 16.9 Å². The highest BCUT2D eigenvalue weighted by atomic mass is 32.1. The van der Waals surface area contributed by atoms with Crippen LogP contribution in [0.1, 0.15) is 45.4 Å². The Kier molecular flexibility index (Phi) is 6.46. The molecule has 1 aliphatic rings. The maximum atomic E-state index is 13.5. The van der Waals surface area contributed by atoms with E-state index in [1.54, 1.807) is 13.0 Å². The topological polar surface area (TPSA) is 112 Å². The first kappa shape index (κ1) is 24.6. The molecule has 0 saturated heterocycles. The van der Waals surface area contributed by atoms with Gasteiger partial charge in [0.05, 0.1) is 18.9 Å². The fourth-order valence-electron chi connectivity index (χ4n) is 3.72. The number of rotatable bonds is 7. The standard InChI is InChI=1S/C24H19F3N6O3S/c1-11-3-4-33(20(34)5-11)19-8-12(13-7-17(21(26)27)28-10-18(13)36-2)15(9-29-19)22(35)30-24-32-31-23(37-24)14-6-16(14)25/h3-5,7-10,14,16,21H,6H2,1-2H3,(H,30,32,35). The van der Waals surface area contributed by atoms with Gasteiger partial charge in [-0.1, -0.05) is 11.3 Å². The van der Waals surface area contributed by atoms with Crippen LogP contribution in [0.5, 0.6) is 5.75 Å². The van der Waals surface area contributed by atoms with E-state index in [1.165, 1.54) is 36.2 Å². The van der Waals surface area contributed by atoms with Crippen molar-refractivity contribution in [1.82, 2.24) is 24.7 Å². The van der Waals surface area contributed by atoms with Crippen LogP contribution in [-0.4, -0.2) is 43.9 Å². The van der Waals surface area contributed by atoms with Crippen molar-refractivity contribution in [2.24, 2.45) is 0 Å². The Morgan fingerprint density at radius 2 is 1.97 bits per heavy atom. The highest BCUT2D eigenvalue weighted by Crippen LogP contribution is 2.45. The molecule has 0 spiro atoms. The van der Waals surface area contributed by atoms with E-state index in [-0.39, 0.29) is 44.9 Å². The zero-order valence-corrected chi connectivity index (χ0v) is 20.3. The predicted octanol–water partition coefficient (Wildman–Crippen LogP) is 4.48. The van der Waals surface area contributed by atoms with Crippen molar-refractivity contribution < 1.29 is 22.7 Å². The van der Waals surface area contributed by atoms with Crippen molar-refractivity contribution >= 4 is 22.4 Å². The Bertz CT molecular complexity index is 1560. The van der Waals surface area contributed by atoms with Crippen molar-refractivity contribution in [1.29, 1.82) is 0 Å². The van der Waals surface area contributed by atoms with Crippen LogP contribution in [0, 0.1) is 6.92 Å². The van der Waals surface area contributed by atoms with Crippen LogP contribution in [0.15, 0.2) is 47.7 Å². The number of aryl methyl sites for hydroxylation is 1. The molecule has 0 radical (unpaired) electrons. The monoisotopic (exact) mass is 528 g/mol. The minimum atomic E-state index is -2.87. The Morgan fingerprint density at radius 1 is 1.19 bits per heavy atom. The van der Waals surface area contributed by atoms with Crippen molar-refractivity contribution in [3.05, 3.63) is 75.0 Å². The number of aromatic nitrogens is 5. The third-order valence-corrected chi connectivity index (χ3v) is 6.74. The molecule has 0 aliphatic heterocycles. The van der Waals surface area contributed by atoms with Gasteiger partial charge < -0.3 is 4.74 Å². The van der Waals surface area contributed by atoms with E-state index in [9.17, 15) is 22.8 Å². The van der Waals surface area contributed by atoms with Gasteiger partial charge in [0.15, 0.2) is 0 Å². The molecule has 1 saturated carbocycles. The van der Waals surface area contributed by atoms with Crippen molar-refractivity contribution in [2.75, 3.05) is 12.4 Å². The number of pyridine rings is 3. The first-order valence-electron chi connectivity index (χ1n) is 11.1. The minimum Gasteiger partial charge on any atom is -0.494 e. The van der Waals surface area contributed by atoms with E-state index in [4.69, 9.17) is 4.74 Å². The van der Waals surface area contributed by atoms with E-state index in [2.05, 4.69) is 25.5 Å². The molecule has 1 amide bonds. The summed E-state index contributed by atoms with van der Waals surface area (Å²) in [7, 11) is 1.34. The van der Waals surface area contributed by atoms with Gasteiger partial charge in [0, 0.05) is 35.5 Å². The molecule has 1 aliphatic carbocycles. The number of carbonyl (C=O) groups is 1. The van der Waals surface area contributed by atoms with Gasteiger partial charge in [-0.15, -0.1) is 10.2 Å². The number of carbonyl (C=O) groups excluding carboxylic acids is 1. The maximum Gasteiger partial charge on any atom is 0.280 e. The fraction of sp³-hybridized carbons (Fsp3) is 0.250. The first-order valence-corrected chi connectivity index (χ1v) is 11.9. The number of methoxy groups -OCH3 is 1. The van der Waals surface area contributed by atoms with Gasteiger partial charge in [-0.25, -0.2) is 18.2 Å². The van der Waals surface area contributed by atoms with Gasteiger partial charge in [0.1, 0.15) is 28.4 Å². The second-order valence-electron chi connectivity index (χ2n) is 8.37. The second kappa shape index (κ2) is 9.73. The number of anilines is 1. The van der Waals surface area contributed by atoms with Gasteiger partial charge in [-0.3, -0.25) is 24.5 Å². The average molecular weight is 529 g/mol. The number of amides is 1. The summed E-state index contributed by atoms with van der Waals surface area (Å²) >= 11 is 1.06. The van der Waals surface area contributed by atoms with Crippen LogP contribution < -0.4 is 15.6 Å². The fourth-order valence-corrected chi connectivity index (χ4v) is 4.62. The summed E-state index contributed by atoms with van der Waals surface area (Å²) in [4.78, 5) is 33.8. The van der Waals surface area contributed by atoms with Crippen molar-refractivity contribution in [3.8, 4) is 22.7 Å². The summed E-state index contributed by atoms with van der Waals surface area (Å²) in [6.45, 7) is 1.77. The van der Waals surface area contributed by atoms with Crippen molar-refractivity contribution in [2.45, 2.75) is 31.9 Å². The quantitative estimate of drug-likeness (QED) is 0.377. The van der Waals surface area contributed by atoms with Gasteiger partial charge in [0.2, 0.25) is 5.13 Å². The van der Waals surface area contributed by atoms with Gasteiger partial charge >= 0.3 is 0 Å². The molecule has 5 rings (SSSR count). The smallest absolute Gasteiger partial charge is 0.280 e. The molecule has 4 aromatic rings. The lowest BCUT2D eigenvalue weighted by Crippen LogP contribution is -2.19. The number of alkyl halides is 3. The SMILES string of the molecule is COc1cnc(C(F)F)cc1-c1cc(-n2ccc(C)cc2=O)ncc1C(=O)Nc1nnc(C2CC2F)s1. The number of hydrogen-bond donors (Lipinski definition) is 1. The molecule has 2 atom stereocenters. The molecule has 4 aromatic heterocycles. The third kappa shape index (κ3) is 4.94. The van der Waals surface area contributed by atoms with Gasteiger partial charge in [-0.05, 0) is 37.1 Å². The molecule has 0 bridgehead atoms. The van der Waals surface area contributed by atoms with Gasteiger partial charge in [0.25, 0.3) is 17.9 Å². The zero-order valence-electron chi connectivity index (χ0n) is 19.5. The highest BCUT2D eigenvalue weighted by molar-refractivity contribution is 7.15. The molecule has 1 N–H and O–H groups in total. The Balaban J connectivity index is 1.61. The lowest BCUT2D eigenvalue weighted by atomic mass is 10.00. The van der Waals surface area contributed by atoms with E-state index in [1.807, 2.05) is 0 Å². The Hall–Kier alpha value is -4.13. The second-order valence-corrected chi connectivity index (χ2v) is 9.38. The molecule has 13 heteroatoms. The molecule has 9 nitrogen and oxygen atoms in total. The number of halogens is 3. The number of ether oxygens (including phenoxy) is 1. The molecule has 1 fully saturated rings. The van der Waals surface area contributed by atoms with Crippen LogP contribution in [0.3, 0.4) is 0 Å². The molecule has 4 heterocycles. The normalized spacial score (nSPS) is 16.6. The summed E-state index contributed by atoms with van der Waals surface area (Å²) in [5.41, 5.74) is 0.187. The number of nitrogens with one attached hydrogen (secondary N) is 1. The van der Waals surface area contributed by atoms with Crippen molar-refractivity contribution in [3.63, 3.8) is 0 Å². The summed E-state index contributed by atoms with van der Waals surface area (Å²) in [6, 6.07) is 5.68. The molecule has 37 heavy (non-hydrogen) atoms. The molecule has 2 unspecified atom stereocenters. The number of nitrogens with zero attached hydrogens (tertiary/aromatic N) is 5. The van der Waals surface area contributed by atoms with E-state index >= 15 is 0 Å². The highest BCUT2D eigenvalue weighted by Gasteiger charge is 2.41. The Morgan fingerprint density at radius 3 is 2.65 bits per heavy atom. The lowest BCUT2D eigenvalue weighted by molar-refractivity contribution is 0.102. The van der Waals surface area contributed by atoms with E-state index in [0.29, 0.717) is 11.4 Å². The van der Waals surface area contributed by atoms with Crippen LogP contribution in [-0.2, 0) is 0 Å². The average Bonchev–Trinajstić information content (AvgIpc) is 3.43. The zero-order chi connectivity index (χ0) is 26.3. The summed E-state index contributed by atoms with van der Waals surface area (Å²) in [5.74, 6) is -0.679. The summed E-state index contributed by atoms with van der Waals surface area (Å²) < 4.78 is 47.0. The third-order valence-electron chi connectivity index (χ3n) is 5.77. The molecular formula is C24H19F3N6O3S. The summed E-state index contributed by atoms with van der Waals surface area (Å²) in [5, 5.41) is 11.1. The number of hydrogen-bond acceptors (Lipinski definition) is 8. The minimum absolute atomic E-state index is 0.000155. The largest absolute Gasteiger partial charge is 0.494 e. The molecule has 0 aromatic carbocycles. The Labute approximate surface area is 212 Å². The lowest BCUT2D eigenvalue weighted by Gasteiger charge is -2.15. The maximum absolute atomic E-state index is 13.5. The van der Waals surface area contributed by atoms with Crippen LogP contribution in [0.4, 0.5) is 18.3 Å². The molecule has 190 valence electrons. The van der Waals surface area contributed by atoms with Crippen LogP contribution >= 0.6 is 11.3 Å². The summed E-state index contributed by atoms with van der Waals surface area (Å²) in [6.07, 6.45) is 0.421. The molecular weight excluding hydrogens is 509 g/mol.